The summed E-state index contributed by atoms with van der Waals surface area (Å²) in [5.74, 6) is 0.885. The molecule has 0 bridgehead atoms. The van der Waals surface area contributed by atoms with Gasteiger partial charge in [0.25, 0.3) is 0 Å². The van der Waals surface area contributed by atoms with E-state index in [1.165, 1.54) is 6.92 Å². The van der Waals surface area contributed by atoms with Crippen molar-refractivity contribution in [1.82, 2.24) is 4.90 Å². The van der Waals surface area contributed by atoms with Crippen LogP contribution in [-0.4, -0.2) is 49.4 Å². The zero-order chi connectivity index (χ0) is 15.5. The average molecular weight is 304 g/mol. The van der Waals surface area contributed by atoms with E-state index in [2.05, 4.69) is 10.2 Å². The minimum absolute atomic E-state index is 0.110. The topological polar surface area (TPSA) is 67.9 Å². The van der Waals surface area contributed by atoms with E-state index in [1.807, 2.05) is 0 Å². The molecule has 2 aliphatic heterocycles. The summed E-state index contributed by atoms with van der Waals surface area (Å²) in [6.45, 7) is 4.66. The first-order valence-electron chi connectivity index (χ1n) is 7.60. The van der Waals surface area contributed by atoms with Gasteiger partial charge < -0.3 is 14.8 Å². The third kappa shape index (κ3) is 3.22. The maximum absolute atomic E-state index is 12.2. The lowest BCUT2D eigenvalue weighted by atomic mass is 10.1. The molecule has 6 nitrogen and oxygen atoms in total. The highest BCUT2D eigenvalue weighted by Gasteiger charge is 2.20. The largest absolute Gasteiger partial charge is 0.486 e. The molecule has 0 saturated carbocycles. The number of anilines is 1. The van der Waals surface area contributed by atoms with Gasteiger partial charge >= 0.3 is 0 Å². The second-order valence-corrected chi connectivity index (χ2v) is 5.63. The van der Waals surface area contributed by atoms with Crippen LogP contribution in [0.25, 0.3) is 0 Å². The van der Waals surface area contributed by atoms with Gasteiger partial charge in [0.1, 0.15) is 13.2 Å². The van der Waals surface area contributed by atoms with Crippen LogP contribution in [0.15, 0.2) is 12.1 Å². The number of likely N-dealkylation sites (tertiary alicyclic amines) is 1. The molecule has 2 heterocycles. The first-order chi connectivity index (χ1) is 10.6. The number of benzene rings is 1. The van der Waals surface area contributed by atoms with Gasteiger partial charge in [-0.1, -0.05) is 0 Å². The van der Waals surface area contributed by atoms with Crippen molar-refractivity contribution in [3.05, 3.63) is 17.7 Å². The number of ether oxygens (including phenoxy) is 2. The van der Waals surface area contributed by atoms with Crippen LogP contribution in [0.3, 0.4) is 0 Å². The Hall–Kier alpha value is -2.08. The van der Waals surface area contributed by atoms with Gasteiger partial charge in [0, 0.05) is 11.6 Å². The van der Waals surface area contributed by atoms with E-state index in [0.717, 1.165) is 25.9 Å². The number of rotatable bonds is 4. The smallest absolute Gasteiger partial charge is 0.238 e. The van der Waals surface area contributed by atoms with Crippen molar-refractivity contribution < 1.29 is 19.1 Å². The summed E-state index contributed by atoms with van der Waals surface area (Å²) >= 11 is 0. The van der Waals surface area contributed by atoms with Gasteiger partial charge in [-0.25, -0.2) is 0 Å². The summed E-state index contributed by atoms with van der Waals surface area (Å²) in [4.78, 5) is 26.1. The molecular weight excluding hydrogens is 284 g/mol. The maximum atomic E-state index is 12.2. The number of nitrogens with one attached hydrogen (secondary N) is 1. The minimum Gasteiger partial charge on any atom is -0.486 e. The molecule has 0 aromatic heterocycles. The number of carbonyl (C=O) groups is 2. The van der Waals surface area contributed by atoms with Crippen LogP contribution >= 0.6 is 0 Å². The molecule has 1 aromatic carbocycles. The maximum Gasteiger partial charge on any atom is 0.238 e. The fourth-order valence-corrected chi connectivity index (χ4v) is 2.82. The standard InChI is InChI=1S/C16H20N2O4/c1-11(19)12-8-14-15(22-7-6-21-14)9-13(12)17-16(20)10-18-4-2-3-5-18/h8-9H,2-7,10H2,1H3,(H,17,20). The predicted molar refractivity (Wildman–Crippen MR) is 81.7 cm³/mol. The summed E-state index contributed by atoms with van der Waals surface area (Å²) in [6, 6.07) is 3.31. The highest BCUT2D eigenvalue weighted by atomic mass is 16.6. The number of carbonyl (C=O) groups excluding carboxylic acids is 2. The molecule has 1 saturated heterocycles. The van der Waals surface area contributed by atoms with Crippen molar-refractivity contribution in [1.29, 1.82) is 0 Å². The molecule has 1 aromatic rings. The Bertz CT molecular complexity index is 594. The van der Waals surface area contributed by atoms with E-state index in [0.29, 0.717) is 42.5 Å². The van der Waals surface area contributed by atoms with Gasteiger partial charge in [-0.05, 0) is 38.9 Å². The first-order valence-corrected chi connectivity index (χ1v) is 7.60. The summed E-state index contributed by atoms with van der Waals surface area (Å²) in [7, 11) is 0. The monoisotopic (exact) mass is 304 g/mol. The normalized spacial score (nSPS) is 17.3. The number of Topliss-reactive ketones (excluding diaryl/α,β-unsaturated/α-hetero) is 1. The zero-order valence-electron chi connectivity index (χ0n) is 12.7. The minimum atomic E-state index is -0.117. The quantitative estimate of drug-likeness (QED) is 0.858. The molecule has 6 heteroatoms. The lowest BCUT2D eigenvalue weighted by molar-refractivity contribution is -0.117. The third-order valence-electron chi connectivity index (χ3n) is 3.90. The van der Waals surface area contributed by atoms with Gasteiger partial charge in [0.2, 0.25) is 5.91 Å². The average Bonchev–Trinajstić information content (AvgIpc) is 2.99. The Morgan fingerprint density at radius 2 is 1.77 bits per heavy atom. The molecule has 1 N–H and O–H groups in total. The SMILES string of the molecule is CC(=O)c1cc2c(cc1NC(=O)CN1CCCC1)OCCO2. The molecule has 3 rings (SSSR count). The fraction of sp³-hybridized carbons (Fsp3) is 0.500. The first kappa shape index (κ1) is 14.8. The zero-order valence-corrected chi connectivity index (χ0v) is 12.7. The number of hydrogen-bond acceptors (Lipinski definition) is 5. The van der Waals surface area contributed by atoms with Crippen LogP contribution < -0.4 is 14.8 Å². The van der Waals surface area contributed by atoms with E-state index < -0.39 is 0 Å². The van der Waals surface area contributed by atoms with Gasteiger partial charge in [-0.3, -0.25) is 14.5 Å². The van der Waals surface area contributed by atoms with E-state index >= 15 is 0 Å². The number of hydrogen-bond donors (Lipinski definition) is 1. The Balaban J connectivity index is 1.78. The molecule has 118 valence electrons. The molecule has 0 aliphatic carbocycles. The summed E-state index contributed by atoms with van der Waals surface area (Å²) in [6.07, 6.45) is 2.27. The van der Waals surface area contributed by atoms with Gasteiger partial charge in [0.05, 0.1) is 12.2 Å². The molecule has 1 amide bonds. The van der Waals surface area contributed by atoms with Crippen molar-refractivity contribution in [3.8, 4) is 11.5 Å². The number of ketones is 1. The van der Waals surface area contributed by atoms with Crippen LogP contribution in [0.4, 0.5) is 5.69 Å². The van der Waals surface area contributed by atoms with Crippen molar-refractivity contribution >= 4 is 17.4 Å². The van der Waals surface area contributed by atoms with E-state index in [9.17, 15) is 9.59 Å². The van der Waals surface area contributed by atoms with Gasteiger partial charge in [-0.15, -0.1) is 0 Å². The van der Waals surface area contributed by atoms with E-state index in [4.69, 9.17) is 9.47 Å². The molecule has 0 spiro atoms. The molecule has 2 aliphatic rings. The summed E-state index contributed by atoms with van der Waals surface area (Å²) in [5.41, 5.74) is 0.931. The predicted octanol–water partition coefficient (Wildman–Crippen LogP) is 1.69. The van der Waals surface area contributed by atoms with Gasteiger partial charge in [0.15, 0.2) is 17.3 Å². The number of nitrogens with zero attached hydrogens (tertiary/aromatic N) is 1. The van der Waals surface area contributed by atoms with Gasteiger partial charge in [-0.2, -0.15) is 0 Å². The van der Waals surface area contributed by atoms with Crippen LogP contribution in [0.2, 0.25) is 0 Å². The molecule has 1 fully saturated rings. The fourth-order valence-electron chi connectivity index (χ4n) is 2.82. The molecular formula is C16H20N2O4. The number of fused-ring (bicyclic) bond motifs is 1. The van der Waals surface area contributed by atoms with Crippen molar-refractivity contribution in [2.24, 2.45) is 0 Å². The highest BCUT2D eigenvalue weighted by molar-refractivity contribution is 6.05. The van der Waals surface area contributed by atoms with Crippen LogP contribution in [0.1, 0.15) is 30.1 Å². The Morgan fingerprint density at radius 1 is 1.14 bits per heavy atom. The lowest BCUT2D eigenvalue weighted by Gasteiger charge is -2.21. The molecule has 0 unspecified atom stereocenters. The van der Waals surface area contributed by atoms with E-state index in [-0.39, 0.29) is 11.7 Å². The van der Waals surface area contributed by atoms with Crippen LogP contribution in [0, 0.1) is 0 Å². The van der Waals surface area contributed by atoms with E-state index in [1.54, 1.807) is 12.1 Å². The lowest BCUT2D eigenvalue weighted by Crippen LogP contribution is -2.31. The van der Waals surface area contributed by atoms with Crippen LogP contribution in [0.5, 0.6) is 11.5 Å². The van der Waals surface area contributed by atoms with Crippen LogP contribution in [-0.2, 0) is 4.79 Å². The Kier molecular flexibility index (Phi) is 4.29. The second-order valence-electron chi connectivity index (χ2n) is 5.63. The second kappa shape index (κ2) is 6.36. The molecule has 22 heavy (non-hydrogen) atoms. The number of amides is 1. The molecule has 0 radical (unpaired) electrons. The highest BCUT2D eigenvalue weighted by Crippen LogP contribution is 2.35. The summed E-state index contributed by atoms with van der Waals surface area (Å²) < 4.78 is 11.0. The van der Waals surface area contributed by atoms with Crippen molar-refractivity contribution in [3.63, 3.8) is 0 Å². The Labute approximate surface area is 129 Å². The Morgan fingerprint density at radius 3 is 2.41 bits per heavy atom. The summed E-state index contributed by atoms with van der Waals surface area (Å²) in [5, 5.41) is 2.83. The van der Waals surface area contributed by atoms with Crippen molar-refractivity contribution in [2.45, 2.75) is 19.8 Å². The van der Waals surface area contributed by atoms with Crippen molar-refractivity contribution in [2.75, 3.05) is 38.2 Å². The third-order valence-corrected chi connectivity index (χ3v) is 3.90. The molecule has 0 atom stereocenters.